The third-order valence-corrected chi connectivity index (χ3v) is 5.40. The summed E-state index contributed by atoms with van der Waals surface area (Å²) in [7, 11) is 0. The van der Waals surface area contributed by atoms with Crippen LogP contribution in [-0.2, 0) is 4.74 Å². The summed E-state index contributed by atoms with van der Waals surface area (Å²) < 4.78 is 5.08. The van der Waals surface area contributed by atoms with Gasteiger partial charge in [0.2, 0.25) is 0 Å². The Kier molecular flexibility index (Phi) is 5.68. The maximum atomic E-state index is 11.9. The van der Waals surface area contributed by atoms with Crippen LogP contribution in [-0.4, -0.2) is 22.3 Å². The topological polar surface area (TPSA) is 63.0 Å². The molecular weight excluding hydrogens is 340 g/mol. The van der Waals surface area contributed by atoms with Crippen LogP contribution in [0.25, 0.3) is 10.6 Å². The van der Waals surface area contributed by atoms with Gasteiger partial charge in [-0.1, -0.05) is 26.8 Å². The highest BCUT2D eigenvalue weighted by atomic mass is 32.2. The Morgan fingerprint density at radius 3 is 2.71 bits per heavy atom. The van der Waals surface area contributed by atoms with Gasteiger partial charge in [-0.2, -0.15) is 5.26 Å². The molecule has 0 aliphatic rings. The predicted octanol–water partition coefficient (Wildman–Crippen LogP) is 5.06. The van der Waals surface area contributed by atoms with Crippen molar-refractivity contribution in [1.82, 2.24) is 4.98 Å². The van der Waals surface area contributed by atoms with Gasteiger partial charge in [-0.05, 0) is 26.0 Å². The van der Waals surface area contributed by atoms with Crippen molar-refractivity contribution in [2.45, 2.75) is 44.3 Å². The highest BCUT2D eigenvalue weighted by Gasteiger charge is 2.19. The molecule has 1 aromatic carbocycles. The van der Waals surface area contributed by atoms with Crippen LogP contribution in [0.5, 0.6) is 0 Å². The van der Waals surface area contributed by atoms with Gasteiger partial charge in [0.1, 0.15) is 16.0 Å². The number of esters is 1. The number of ether oxygens (including phenoxy) is 1. The predicted molar refractivity (Wildman–Crippen MR) is 98.6 cm³/mol. The SMILES string of the molecule is CCOC(=O)c1sc(-c2ccc(SC(C)(C)C)c(C#N)c2)nc1C. The number of hydrogen-bond acceptors (Lipinski definition) is 6. The largest absolute Gasteiger partial charge is 0.462 e. The highest BCUT2D eigenvalue weighted by molar-refractivity contribution is 8.00. The first kappa shape index (κ1) is 18.5. The number of aromatic nitrogens is 1. The van der Waals surface area contributed by atoms with Crippen LogP contribution in [0.3, 0.4) is 0 Å². The summed E-state index contributed by atoms with van der Waals surface area (Å²) in [6.45, 7) is 10.2. The van der Waals surface area contributed by atoms with Gasteiger partial charge in [-0.3, -0.25) is 0 Å². The van der Waals surface area contributed by atoms with Gasteiger partial charge in [0.25, 0.3) is 0 Å². The van der Waals surface area contributed by atoms with Crippen LogP contribution in [0.15, 0.2) is 23.1 Å². The van der Waals surface area contributed by atoms with E-state index in [-0.39, 0.29) is 10.7 Å². The van der Waals surface area contributed by atoms with Gasteiger partial charge in [0.05, 0.1) is 17.9 Å². The molecule has 0 unspecified atom stereocenters. The van der Waals surface area contributed by atoms with E-state index in [0.717, 1.165) is 15.5 Å². The molecule has 0 radical (unpaired) electrons. The summed E-state index contributed by atoms with van der Waals surface area (Å²) in [6, 6.07) is 7.99. The first-order chi connectivity index (χ1) is 11.2. The molecule has 0 saturated heterocycles. The Balaban J connectivity index is 2.39. The van der Waals surface area contributed by atoms with E-state index >= 15 is 0 Å². The lowest BCUT2D eigenvalue weighted by Crippen LogP contribution is -2.07. The lowest BCUT2D eigenvalue weighted by molar-refractivity contribution is 0.0531. The molecule has 1 aromatic heterocycles. The molecule has 0 bridgehead atoms. The number of carbonyl (C=O) groups is 1. The molecule has 0 aliphatic heterocycles. The number of nitriles is 1. The number of thioether (sulfide) groups is 1. The van der Waals surface area contributed by atoms with Gasteiger partial charge in [0.15, 0.2) is 0 Å². The Labute approximate surface area is 150 Å². The smallest absolute Gasteiger partial charge is 0.350 e. The summed E-state index contributed by atoms with van der Waals surface area (Å²) in [6.07, 6.45) is 0. The Morgan fingerprint density at radius 2 is 2.12 bits per heavy atom. The molecule has 0 fully saturated rings. The normalized spacial score (nSPS) is 11.2. The average Bonchev–Trinajstić information content (AvgIpc) is 2.88. The summed E-state index contributed by atoms with van der Waals surface area (Å²) in [5.41, 5.74) is 2.12. The number of aryl methyl sites for hydroxylation is 1. The number of hydrogen-bond donors (Lipinski definition) is 0. The Hall–Kier alpha value is -1.84. The lowest BCUT2D eigenvalue weighted by atomic mass is 10.1. The molecule has 0 spiro atoms. The van der Waals surface area contributed by atoms with Gasteiger partial charge in [0, 0.05) is 15.2 Å². The number of benzene rings is 1. The van der Waals surface area contributed by atoms with Crippen molar-refractivity contribution in [3.8, 4) is 16.6 Å². The fourth-order valence-electron chi connectivity index (χ4n) is 2.08. The second-order valence-corrected chi connectivity index (χ2v) is 9.06. The third-order valence-electron chi connectivity index (χ3n) is 3.02. The molecule has 24 heavy (non-hydrogen) atoms. The fraction of sp³-hybridized carbons (Fsp3) is 0.389. The molecule has 0 atom stereocenters. The van der Waals surface area contributed by atoms with Crippen molar-refractivity contribution in [3.63, 3.8) is 0 Å². The molecule has 0 saturated carbocycles. The van der Waals surface area contributed by atoms with Crippen molar-refractivity contribution in [2.24, 2.45) is 0 Å². The number of nitrogens with zero attached hydrogens (tertiary/aromatic N) is 2. The van der Waals surface area contributed by atoms with Crippen LogP contribution in [0, 0.1) is 18.3 Å². The Bertz CT molecular complexity index is 798. The number of rotatable bonds is 4. The van der Waals surface area contributed by atoms with Crippen molar-refractivity contribution >= 4 is 29.1 Å². The molecule has 1 heterocycles. The molecule has 0 aliphatic carbocycles. The summed E-state index contributed by atoms with van der Waals surface area (Å²) in [5.74, 6) is -0.348. The molecule has 4 nitrogen and oxygen atoms in total. The van der Waals surface area contributed by atoms with Crippen molar-refractivity contribution in [1.29, 1.82) is 5.26 Å². The van der Waals surface area contributed by atoms with E-state index in [9.17, 15) is 10.1 Å². The van der Waals surface area contributed by atoms with E-state index in [1.807, 2.05) is 18.2 Å². The van der Waals surface area contributed by atoms with E-state index in [0.29, 0.717) is 22.7 Å². The molecule has 6 heteroatoms. The molecule has 2 aromatic rings. The highest BCUT2D eigenvalue weighted by Crippen LogP contribution is 2.37. The first-order valence-corrected chi connectivity index (χ1v) is 9.26. The van der Waals surface area contributed by atoms with E-state index in [1.165, 1.54) is 11.3 Å². The van der Waals surface area contributed by atoms with Crippen molar-refractivity contribution in [3.05, 3.63) is 34.3 Å². The molecule has 0 amide bonds. The maximum Gasteiger partial charge on any atom is 0.350 e. The first-order valence-electron chi connectivity index (χ1n) is 7.63. The zero-order chi connectivity index (χ0) is 17.9. The van der Waals surface area contributed by atoms with Gasteiger partial charge in [-0.25, -0.2) is 9.78 Å². The summed E-state index contributed by atoms with van der Waals surface area (Å²) in [5, 5.41) is 10.2. The summed E-state index contributed by atoms with van der Waals surface area (Å²) >= 11 is 2.96. The van der Waals surface area contributed by atoms with Crippen LogP contribution < -0.4 is 0 Å². The van der Waals surface area contributed by atoms with E-state index in [1.54, 1.807) is 25.6 Å². The third kappa shape index (κ3) is 4.37. The molecule has 0 N–H and O–H groups in total. The number of thiazole rings is 1. The van der Waals surface area contributed by atoms with Gasteiger partial charge >= 0.3 is 5.97 Å². The zero-order valence-electron chi connectivity index (χ0n) is 14.5. The van der Waals surface area contributed by atoms with Gasteiger partial charge < -0.3 is 4.74 Å². The molecular formula is C18H20N2O2S2. The van der Waals surface area contributed by atoms with E-state index < -0.39 is 0 Å². The minimum absolute atomic E-state index is 0.0297. The zero-order valence-corrected chi connectivity index (χ0v) is 16.1. The summed E-state index contributed by atoms with van der Waals surface area (Å²) in [4.78, 5) is 17.9. The maximum absolute atomic E-state index is 11.9. The quantitative estimate of drug-likeness (QED) is 0.563. The van der Waals surface area contributed by atoms with Crippen LogP contribution in [0.1, 0.15) is 48.6 Å². The standard InChI is InChI=1S/C18H20N2O2S2/c1-6-22-17(21)15-11(2)20-16(23-15)12-7-8-14(13(9-12)10-19)24-18(3,4)5/h7-9H,6H2,1-5H3. The van der Waals surface area contributed by atoms with Crippen molar-refractivity contribution < 1.29 is 9.53 Å². The van der Waals surface area contributed by atoms with Gasteiger partial charge in [-0.15, -0.1) is 23.1 Å². The number of carbonyl (C=O) groups excluding carboxylic acids is 1. The van der Waals surface area contributed by atoms with Crippen molar-refractivity contribution in [2.75, 3.05) is 6.61 Å². The Morgan fingerprint density at radius 1 is 1.42 bits per heavy atom. The monoisotopic (exact) mass is 360 g/mol. The average molecular weight is 361 g/mol. The minimum Gasteiger partial charge on any atom is -0.462 e. The van der Waals surface area contributed by atoms with Crippen LogP contribution >= 0.6 is 23.1 Å². The minimum atomic E-state index is -0.348. The van der Waals surface area contributed by atoms with Crippen LogP contribution in [0.4, 0.5) is 0 Å². The van der Waals surface area contributed by atoms with E-state index in [4.69, 9.17) is 4.74 Å². The van der Waals surface area contributed by atoms with Crippen LogP contribution in [0.2, 0.25) is 0 Å². The second-order valence-electron chi connectivity index (χ2n) is 6.19. The molecule has 2 rings (SSSR count). The molecule has 126 valence electrons. The fourth-order valence-corrected chi connectivity index (χ4v) is 4.04. The second kappa shape index (κ2) is 7.37. The lowest BCUT2D eigenvalue weighted by Gasteiger charge is -2.18. The van der Waals surface area contributed by atoms with E-state index in [2.05, 4.69) is 31.8 Å².